The number of carbonyl (C=O) groups excluding carboxylic acids is 1. The van der Waals surface area contributed by atoms with Gasteiger partial charge in [-0.2, -0.15) is 0 Å². The van der Waals surface area contributed by atoms with E-state index in [0.717, 1.165) is 19.3 Å². The van der Waals surface area contributed by atoms with E-state index in [2.05, 4.69) is 6.07 Å². The maximum Gasteiger partial charge on any atom is 0.323 e. The summed E-state index contributed by atoms with van der Waals surface area (Å²) in [5.74, 6) is -0.954. The van der Waals surface area contributed by atoms with E-state index in [1.54, 1.807) is 23.3 Å². The first kappa shape index (κ1) is 14.8. The average molecular weight is 296 g/mol. The summed E-state index contributed by atoms with van der Waals surface area (Å²) in [6, 6.07) is 4.02. The highest BCUT2D eigenvalue weighted by Gasteiger charge is 2.36. The maximum atomic E-state index is 12.4. The molecule has 1 fully saturated rings. The Morgan fingerprint density at radius 2 is 2.20 bits per heavy atom. The first-order valence-corrected chi connectivity index (χ1v) is 7.64. The van der Waals surface area contributed by atoms with Crippen LogP contribution in [0.4, 0.5) is 4.79 Å². The van der Waals surface area contributed by atoms with Gasteiger partial charge in [0.15, 0.2) is 0 Å². The molecule has 20 heavy (non-hydrogen) atoms. The van der Waals surface area contributed by atoms with Gasteiger partial charge in [0, 0.05) is 30.4 Å². The second-order valence-electron chi connectivity index (χ2n) is 5.28. The summed E-state index contributed by atoms with van der Waals surface area (Å²) in [4.78, 5) is 27.7. The number of nitrogens with zero attached hydrogens (tertiary/aromatic N) is 2. The largest absolute Gasteiger partial charge is 0.480 e. The van der Waals surface area contributed by atoms with Gasteiger partial charge >= 0.3 is 12.0 Å². The molecular formula is C14H20N2O3S. The van der Waals surface area contributed by atoms with Crippen molar-refractivity contribution in [1.29, 1.82) is 0 Å². The van der Waals surface area contributed by atoms with Gasteiger partial charge in [0.05, 0.1) is 0 Å². The van der Waals surface area contributed by atoms with Gasteiger partial charge in [-0.05, 0) is 31.2 Å². The SMILES string of the molecule is CC(Cc1cccs1)N(C)C(=O)N(CC(=O)O)C1CC1. The zero-order valence-electron chi connectivity index (χ0n) is 11.8. The minimum atomic E-state index is -0.954. The number of hydrogen-bond donors (Lipinski definition) is 1. The molecule has 1 heterocycles. The number of thiophene rings is 1. The molecule has 1 saturated carbocycles. The lowest BCUT2D eigenvalue weighted by atomic mass is 10.2. The van der Waals surface area contributed by atoms with Crippen LogP contribution in [0.1, 0.15) is 24.6 Å². The van der Waals surface area contributed by atoms with Crippen molar-refractivity contribution in [3.05, 3.63) is 22.4 Å². The molecule has 1 aromatic heterocycles. The van der Waals surface area contributed by atoms with Crippen molar-refractivity contribution in [2.75, 3.05) is 13.6 Å². The smallest absolute Gasteiger partial charge is 0.323 e. The van der Waals surface area contributed by atoms with Crippen LogP contribution in [0.2, 0.25) is 0 Å². The van der Waals surface area contributed by atoms with E-state index in [1.807, 2.05) is 18.4 Å². The van der Waals surface area contributed by atoms with E-state index in [4.69, 9.17) is 5.11 Å². The van der Waals surface area contributed by atoms with Gasteiger partial charge < -0.3 is 14.9 Å². The van der Waals surface area contributed by atoms with Crippen LogP contribution in [0.15, 0.2) is 17.5 Å². The van der Waals surface area contributed by atoms with Crippen molar-refractivity contribution in [2.45, 2.75) is 38.3 Å². The first-order valence-electron chi connectivity index (χ1n) is 6.76. The lowest BCUT2D eigenvalue weighted by Gasteiger charge is -2.31. The molecule has 6 heteroatoms. The Morgan fingerprint density at radius 3 is 2.70 bits per heavy atom. The molecular weight excluding hydrogens is 276 g/mol. The van der Waals surface area contributed by atoms with Gasteiger partial charge in [-0.3, -0.25) is 4.79 Å². The van der Waals surface area contributed by atoms with Crippen LogP contribution < -0.4 is 0 Å². The summed E-state index contributed by atoms with van der Waals surface area (Å²) in [6.45, 7) is 1.78. The van der Waals surface area contributed by atoms with E-state index in [9.17, 15) is 9.59 Å². The highest BCUT2D eigenvalue weighted by Crippen LogP contribution is 2.28. The Bertz CT molecular complexity index is 471. The van der Waals surface area contributed by atoms with E-state index >= 15 is 0 Å². The number of amides is 2. The van der Waals surface area contributed by atoms with Gasteiger partial charge in [-0.25, -0.2) is 4.79 Å². The van der Waals surface area contributed by atoms with Crippen LogP contribution in [0.5, 0.6) is 0 Å². The van der Waals surface area contributed by atoms with Crippen molar-refractivity contribution >= 4 is 23.3 Å². The van der Waals surface area contributed by atoms with Crippen LogP contribution in [0.25, 0.3) is 0 Å². The van der Waals surface area contributed by atoms with Crippen molar-refractivity contribution in [2.24, 2.45) is 0 Å². The number of carboxylic acids is 1. The zero-order valence-corrected chi connectivity index (χ0v) is 12.6. The van der Waals surface area contributed by atoms with Gasteiger partial charge in [-0.15, -0.1) is 11.3 Å². The van der Waals surface area contributed by atoms with E-state index in [0.29, 0.717) is 0 Å². The van der Waals surface area contributed by atoms with E-state index < -0.39 is 5.97 Å². The molecule has 1 aromatic rings. The Balaban J connectivity index is 1.96. The molecule has 0 saturated heterocycles. The Morgan fingerprint density at radius 1 is 1.50 bits per heavy atom. The quantitative estimate of drug-likeness (QED) is 0.876. The minimum Gasteiger partial charge on any atom is -0.480 e. The topological polar surface area (TPSA) is 60.9 Å². The molecule has 1 N–H and O–H groups in total. The van der Waals surface area contributed by atoms with E-state index in [1.165, 1.54) is 9.78 Å². The summed E-state index contributed by atoms with van der Waals surface area (Å²) < 4.78 is 0. The van der Waals surface area contributed by atoms with Crippen molar-refractivity contribution in [1.82, 2.24) is 9.80 Å². The summed E-state index contributed by atoms with van der Waals surface area (Å²) in [6.07, 6.45) is 2.61. The first-order chi connectivity index (χ1) is 9.49. The third kappa shape index (κ3) is 3.72. The van der Waals surface area contributed by atoms with Gasteiger partial charge in [-0.1, -0.05) is 6.07 Å². The third-order valence-corrected chi connectivity index (χ3v) is 4.48. The lowest BCUT2D eigenvalue weighted by Crippen LogP contribution is -2.48. The van der Waals surface area contributed by atoms with Crippen molar-refractivity contribution in [3.8, 4) is 0 Å². The molecule has 0 bridgehead atoms. The number of carbonyl (C=O) groups is 2. The fourth-order valence-electron chi connectivity index (χ4n) is 2.13. The highest BCUT2D eigenvalue weighted by molar-refractivity contribution is 7.09. The number of rotatable bonds is 6. The molecule has 110 valence electrons. The van der Waals surface area contributed by atoms with Gasteiger partial charge in [0.25, 0.3) is 0 Å². The fraction of sp³-hybridized carbons (Fsp3) is 0.571. The standard InChI is InChI=1S/C14H20N2O3S/c1-10(8-12-4-3-7-20-12)15(2)14(19)16(9-13(17)18)11-5-6-11/h3-4,7,10-11H,5-6,8-9H2,1-2H3,(H,17,18). The monoisotopic (exact) mass is 296 g/mol. The molecule has 1 aliphatic carbocycles. The molecule has 2 amide bonds. The second kappa shape index (κ2) is 6.26. The van der Waals surface area contributed by atoms with Gasteiger partial charge in [0.1, 0.15) is 6.54 Å². The summed E-state index contributed by atoms with van der Waals surface area (Å²) in [5.41, 5.74) is 0. The molecule has 0 radical (unpaired) electrons. The molecule has 0 spiro atoms. The molecule has 1 atom stereocenters. The Hall–Kier alpha value is -1.56. The minimum absolute atomic E-state index is 0.0520. The molecule has 0 aliphatic heterocycles. The van der Waals surface area contributed by atoms with Crippen LogP contribution >= 0.6 is 11.3 Å². The summed E-state index contributed by atoms with van der Waals surface area (Å²) >= 11 is 1.67. The Kier molecular flexibility index (Phi) is 4.65. The fourth-order valence-corrected chi connectivity index (χ4v) is 2.96. The van der Waals surface area contributed by atoms with Crippen LogP contribution in [0.3, 0.4) is 0 Å². The van der Waals surface area contributed by atoms with Crippen LogP contribution in [-0.2, 0) is 11.2 Å². The molecule has 5 nitrogen and oxygen atoms in total. The Labute approximate surface area is 122 Å². The number of hydrogen-bond acceptors (Lipinski definition) is 3. The molecule has 1 aliphatic rings. The van der Waals surface area contributed by atoms with Crippen LogP contribution in [0, 0.1) is 0 Å². The predicted molar refractivity (Wildman–Crippen MR) is 78.0 cm³/mol. The van der Waals surface area contributed by atoms with E-state index in [-0.39, 0.29) is 24.7 Å². The molecule has 0 aromatic carbocycles. The highest BCUT2D eigenvalue weighted by atomic mass is 32.1. The normalized spacial score (nSPS) is 15.7. The maximum absolute atomic E-state index is 12.4. The summed E-state index contributed by atoms with van der Waals surface area (Å²) in [5, 5.41) is 10.9. The third-order valence-electron chi connectivity index (χ3n) is 3.58. The van der Waals surface area contributed by atoms with Crippen LogP contribution in [-0.4, -0.2) is 52.6 Å². The molecule has 1 unspecified atom stereocenters. The number of aliphatic carboxylic acids is 1. The zero-order chi connectivity index (χ0) is 14.7. The average Bonchev–Trinajstić information content (AvgIpc) is 3.12. The van der Waals surface area contributed by atoms with Gasteiger partial charge in [0.2, 0.25) is 0 Å². The number of urea groups is 1. The number of likely N-dealkylation sites (N-methyl/N-ethyl adjacent to an activating group) is 1. The predicted octanol–water partition coefficient (Wildman–Crippen LogP) is 2.28. The molecule has 2 rings (SSSR count). The lowest BCUT2D eigenvalue weighted by molar-refractivity contribution is -0.137. The summed E-state index contributed by atoms with van der Waals surface area (Å²) in [7, 11) is 1.75. The van der Waals surface area contributed by atoms with Crippen molar-refractivity contribution in [3.63, 3.8) is 0 Å². The van der Waals surface area contributed by atoms with Crippen molar-refractivity contribution < 1.29 is 14.7 Å². The number of carboxylic acid groups (broad SMARTS) is 1. The second-order valence-corrected chi connectivity index (χ2v) is 6.31.